The highest BCUT2D eigenvalue weighted by Gasteiger charge is 2.48. The maximum Gasteiger partial charge on any atom is 0.261 e. The van der Waals surface area contributed by atoms with Gasteiger partial charge in [0.05, 0.1) is 0 Å². The van der Waals surface area contributed by atoms with Gasteiger partial charge in [-0.3, -0.25) is 4.79 Å². The molecule has 1 aromatic rings. The Bertz CT molecular complexity index is 529. The number of carbonyl (C=O) groups is 1. The largest absolute Gasteiger partial charge is 0.396 e. The van der Waals surface area contributed by atoms with Crippen LogP contribution in [0.5, 0.6) is 0 Å². The number of aliphatic hydroxyl groups excluding tert-OH is 1. The molecule has 0 saturated carbocycles. The number of amides is 1. The van der Waals surface area contributed by atoms with Crippen LogP contribution >= 0.6 is 22.6 Å². The predicted octanol–water partition coefficient (Wildman–Crippen LogP) is 2.01. The van der Waals surface area contributed by atoms with Crippen LogP contribution < -0.4 is 5.32 Å². The monoisotopic (exact) mass is 373 g/mol. The molecule has 1 aliphatic heterocycles. The zero-order valence-corrected chi connectivity index (χ0v) is 12.7. The highest BCUT2D eigenvalue weighted by atomic mass is 127. The third kappa shape index (κ3) is 2.54. The van der Waals surface area contributed by atoms with Gasteiger partial charge < -0.3 is 15.5 Å². The van der Waals surface area contributed by atoms with E-state index in [1.807, 2.05) is 12.1 Å². The first-order valence-corrected chi connectivity index (χ1v) is 7.19. The Balaban J connectivity index is 2.38. The topological polar surface area (TPSA) is 69.6 Å². The number of benzene rings is 1. The molecule has 0 aromatic heterocycles. The number of carbonyl (C=O) groups excluding carboxylic acids is 1. The number of anilines is 1. The van der Waals surface area contributed by atoms with Crippen molar-refractivity contribution in [3.05, 3.63) is 39.5 Å². The summed E-state index contributed by atoms with van der Waals surface area (Å²) in [6, 6.07) is 5.51. The first kappa shape index (κ1) is 14.5. The first-order chi connectivity index (χ1) is 9.00. The molecule has 0 fully saturated rings. The van der Waals surface area contributed by atoms with E-state index in [0.29, 0.717) is 17.7 Å². The van der Waals surface area contributed by atoms with Gasteiger partial charge in [-0.2, -0.15) is 0 Å². The van der Waals surface area contributed by atoms with E-state index in [0.717, 1.165) is 3.57 Å². The summed E-state index contributed by atoms with van der Waals surface area (Å²) in [5.41, 5.74) is -0.261. The fraction of sp³-hybridized carbons (Fsp3) is 0.357. The van der Waals surface area contributed by atoms with Crippen LogP contribution in [-0.2, 0) is 10.4 Å². The van der Waals surface area contributed by atoms with Crippen molar-refractivity contribution in [3.8, 4) is 0 Å². The van der Waals surface area contributed by atoms with Gasteiger partial charge in [-0.15, -0.1) is 0 Å². The number of fused-ring (bicyclic) bond motifs is 1. The molecule has 0 bridgehead atoms. The number of aliphatic hydroxyl groups is 2. The van der Waals surface area contributed by atoms with Gasteiger partial charge in [-0.05, 0) is 47.2 Å². The summed E-state index contributed by atoms with van der Waals surface area (Å²) in [5.74, 6) is -0.760. The van der Waals surface area contributed by atoms with Crippen LogP contribution in [-0.4, -0.2) is 22.7 Å². The van der Waals surface area contributed by atoms with E-state index in [2.05, 4.69) is 27.9 Å². The number of nitrogens with one attached hydrogen (secondary N) is 1. The molecule has 4 nitrogen and oxygen atoms in total. The minimum atomic E-state index is -1.54. The zero-order valence-electron chi connectivity index (χ0n) is 10.6. The second-order valence-corrected chi connectivity index (χ2v) is 5.89. The smallest absolute Gasteiger partial charge is 0.261 e. The SMILES string of the molecule is C[C@H](/C=C/CCO)[C@@]1(O)C(=O)Nc2ccc(I)cc21. The molecule has 2 atom stereocenters. The molecule has 0 unspecified atom stereocenters. The first-order valence-electron chi connectivity index (χ1n) is 6.11. The Kier molecular flexibility index (Phi) is 4.27. The third-order valence-electron chi connectivity index (χ3n) is 3.37. The van der Waals surface area contributed by atoms with Crippen molar-refractivity contribution in [1.82, 2.24) is 0 Å². The van der Waals surface area contributed by atoms with Crippen molar-refractivity contribution in [2.45, 2.75) is 18.9 Å². The molecule has 1 aromatic carbocycles. The second-order valence-electron chi connectivity index (χ2n) is 4.64. The molecule has 0 saturated heterocycles. The lowest BCUT2D eigenvalue weighted by Crippen LogP contribution is -2.39. The summed E-state index contributed by atoms with van der Waals surface area (Å²) in [4.78, 5) is 12.1. The van der Waals surface area contributed by atoms with Crippen LogP contribution in [0.2, 0.25) is 0 Å². The maximum absolute atomic E-state index is 12.1. The fourth-order valence-corrected chi connectivity index (χ4v) is 2.74. The third-order valence-corrected chi connectivity index (χ3v) is 4.04. The van der Waals surface area contributed by atoms with Gasteiger partial charge in [-0.25, -0.2) is 0 Å². The van der Waals surface area contributed by atoms with Crippen molar-refractivity contribution < 1.29 is 15.0 Å². The molecule has 1 amide bonds. The molecule has 1 heterocycles. The van der Waals surface area contributed by atoms with Crippen molar-refractivity contribution in [1.29, 1.82) is 0 Å². The summed E-state index contributed by atoms with van der Waals surface area (Å²) < 4.78 is 0.970. The van der Waals surface area contributed by atoms with E-state index in [9.17, 15) is 9.90 Å². The number of halogens is 1. The number of rotatable bonds is 4. The lowest BCUT2D eigenvalue weighted by atomic mass is 9.83. The van der Waals surface area contributed by atoms with Crippen LogP contribution in [0.15, 0.2) is 30.4 Å². The van der Waals surface area contributed by atoms with E-state index in [4.69, 9.17) is 5.11 Å². The maximum atomic E-state index is 12.1. The highest BCUT2D eigenvalue weighted by Crippen LogP contribution is 2.42. The van der Waals surface area contributed by atoms with Gasteiger partial charge in [0.15, 0.2) is 5.60 Å². The Morgan fingerprint density at radius 3 is 2.95 bits per heavy atom. The van der Waals surface area contributed by atoms with E-state index < -0.39 is 11.5 Å². The second kappa shape index (κ2) is 5.60. The molecule has 19 heavy (non-hydrogen) atoms. The standard InChI is InChI=1S/C14H16INO3/c1-9(4-2-3-7-17)14(19)11-8-10(15)5-6-12(11)16-13(14)18/h2,4-6,8-9,17,19H,3,7H2,1H3,(H,16,18)/b4-2+/t9-,14+/m1/s1. The lowest BCUT2D eigenvalue weighted by molar-refractivity contribution is -0.137. The van der Waals surface area contributed by atoms with Gasteiger partial charge >= 0.3 is 0 Å². The van der Waals surface area contributed by atoms with Crippen molar-refractivity contribution >= 4 is 34.2 Å². The average molecular weight is 373 g/mol. The Labute approximate surface area is 125 Å². The summed E-state index contributed by atoms with van der Waals surface area (Å²) in [7, 11) is 0. The van der Waals surface area contributed by atoms with Crippen molar-refractivity contribution in [2.24, 2.45) is 5.92 Å². The van der Waals surface area contributed by atoms with Gasteiger partial charge in [0.2, 0.25) is 0 Å². The molecule has 2 rings (SSSR count). The molecular formula is C14H16INO3. The molecule has 0 spiro atoms. The summed E-state index contributed by atoms with van der Waals surface area (Å²) >= 11 is 2.15. The molecule has 3 N–H and O–H groups in total. The van der Waals surface area contributed by atoms with Crippen LogP contribution in [0.25, 0.3) is 0 Å². The fourth-order valence-electron chi connectivity index (χ4n) is 2.25. The van der Waals surface area contributed by atoms with Crippen molar-refractivity contribution in [3.63, 3.8) is 0 Å². The molecule has 1 aliphatic rings. The predicted molar refractivity (Wildman–Crippen MR) is 81.7 cm³/mol. The summed E-state index contributed by atoms with van der Waals surface area (Å²) in [6.45, 7) is 1.85. The van der Waals surface area contributed by atoms with Crippen LogP contribution in [0.1, 0.15) is 18.9 Å². The molecular weight excluding hydrogens is 357 g/mol. The van der Waals surface area contributed by atoms with Gasteiger partial charge in [0.25, 0.3) is 5.91 Å². The molecule has 5 heteroatoms. The lowest BCUT2D eigenvalue weighted by Gasteiger charge is -2.26. The van der Waals surface area contributed by atoms with Crippen molar-refractivity contribution in [2.75, 3.05) is 11.9 Å². The highest BCUT2D eigenvalue weighted by molar-refractivity contribution is 14.1. The van der Waals surface area contributed by atoms with E-state index in [-0.39, 0.29) is 12.5 Å². The Morgan fingerprint density at radius 1 is 1.53 bits per heavy atom. The van der Waals surface area contributed by atoms with E-state index >= 15 is 0 Å². The van der Waals surface area contributed by atoms with Gasteiger partial charge in [0, 0.05) is 27.3 Å². The minimum absolute atomic E-state index is 0.0579. The van der Waals surface area contributed by atoms with E-state index in [1.165, 1.54) is 0 Å². The summed E-state index contributed by atoms with van der Waals surface area (Å²) in [5, 5.41) is 22.2. The number of hydrogen-bond acceptors (Lipinski definition) is 3. The normalized spacial score (nSPS) is 23.5. The van der Waals surface area contributed by atoms with Crippen LogP contribution in [0, 0.1) is 9.49 Å². The molecule has 102 valence electrons. The molecule has 0 aliphatic carbocycles. The van der Waals surface area contributed by atoms with Crippen LogP contribution in [0.4, 0.5) is 5.69 Å². The van der Waals surface area contributed by atoms with Crippen LogP contribution in [0.3, 0.4) is 0 Å². The summed E-state index contributed by atoms with van der Waals surface area (Å²) in [6.07, 6.45) is 4.06. The molecule has 0 radical (unpaired) electrons. The number of hydrogen-bond donors (Lipinski definition) is 3. The zero-order chi connectivity index (χ0) is 14.0. The minimum Gasteiger partial charge on any atom is -0.396 e. The van der Waals surface area contributed by atoms with E-state index in [1.54, 1.807) is 25.1 Å². The van der Waals surface area contributed by atoms with Gasteiger partial charge in [-0.1, -0.05) is 19.1 Å². The average Bonchev–Trinajstić information content (AvgIpc) is 2.63. The Hall–Kier alpha value is -0.920. The Morgan fingerprint density at radius 2 is 2.26 bits per heavy atom. The quantitative estimate of drug-likeness (QED) is 0.559. The van der Waals surface area contributed by atoms with Gasteiger partial charge in [0.1, 0.15) is 0 Å².